The first kappa shape index (κ1) is 21.2. The highest BCUT2D eigenvalue weighted by Gasteiger charge is 2.02. The van der Waals surface area contributed by atoms with E-state index in [4.69, 9.17) is 5.11 Å². The van der Waals surface area contributed by atoms with Crippen LogP contribution < -0.4 is 15.7 Å². The van der Waals surface area contributed by atoms with E-state index in [1.54, 1.807) is 60.7 Å². The van der Waals surface area contributed by atoms with Crippen molar-refractivity contribution >= 4 is 35.5 Å². The van der Waals surface area contributed by atoms with Crippen molar-refractivity contribution < 1.29 is 25.0 Å². The zero-order chi connectivity index (χ0) is 21.1. The minimum atomic E-state index is -1.26. The number of carbonyl (C=O) groups excluding carboxylic acids is 1. The van der Waals surface area contributed by atoms with Crippen LogP contribution >= 0.6 is 0 Å². The van der Waals surface area contributed by atoms with Gasteiger partial charge in [-0.15, -0.1) is 0 Å². The molecule has 0 spiro atoms. The highest BCUT2D eigenvalue weighted by Crippen LogP contribution is 2.17. The van der Waals surface area contributed by atoms with E-state index < -0.39 is 11.9 Å². The van der Waals surface area contributed by atoms with Crippen molar-refractivity contribution in [2.75, 3.05) is 10.6 Å². The number of carboxylic acid groups (broad SMARTS) is 2. The van der Waals surface area contributed by atoms with E-state index in [9.17, 15) is 19.9 Å². The van der Waals surface area contributed by atoms with Crippen molar-refractivity contribution in [2.24, 2.45) is 0 Å². The van der Waals surface area contributed by atoms with Crippen LogP contribution in [0.3, 0.4) is 0 Å². The second-order valence-electron chi connectivity index (χ2n) is 5.73. The smallest absolute Gasteiger partial charge is 0.328 e. The van der Waals surface area contributed by atoms with E-state index in [1.165, 1.54) is 12.2 Å². The number of carbonyl (C=O) groups is 2. The van der Waals surface area contributed by atoms with Crippen LogP contribution in [-0.2, 0) is 9.59 Å². The number of nitrogens with zero attached hydrogens (tertiary/aromatic N) is 1. The predicted molar refractivity (Wildman–Crippen MR) is 110 cm³/mol. The van der Waals surface area contributed by atoms with Gasteiger partial charge in [0.15, 0.2) is 0 Å². The molecule has 0 saturated heterocycles. The van der Waals surface area contributed by atoms with Crippen LogP contribution in [0.5, 0.6) is 0 Å². The molecule has 148 valence electrons. The Hall–Kier alpha value is -4.10. The van der Waals surface area contributed by atoms with Crippen LogP contribution in [0.4, 0.5) is 11.4 Å². The summed E-state index contributed by atoms with van der Waals surface area (Å²) in [6.07, 6.45) is 11.4. The van der Waals surface area contributed by atoms with Crippen molar-refractivity contribution in [3.05, 3.63) is 96.1 Å². The highest BCUT2D eigenvalue weighted by molar-refractivity contribution is 5.80. The summed E-state index contributed by atoms with van der Waals surface area (Å²) in [5.74, 6) is -2.26. The maximum atomic E-state index is 10.4. The number of aliphatic carboxylic acids is 2. The second-order valence-corrected chi connectivity index (χ2v) is 5.73. The van der Waals surface area contributed by atoms with Gasteiger partial charge in [-0.2, -0.15) is 5.17 Å². The molecule has 2 aromatic rings. The Morgan fingerprint density at radius 3 is 1.86 bits per heavy atom. The molecule has 0 atom stereocenters. The average Bonchev–Trinajstić information content (AvgIpc) is 2.70. The predicted octanol–water partition coefficient (Wildman–Crippen LogP) is 2.88. The summed E-state index contributed by atoms with van der Waals surface area (Å²) in [4.78, 5) is 20.7. The van der Waals surface area contributed by atoms with Crippen LogP contribution in [0, 0.1) is 0 Å². The normalized spacial score (nSPS) is 11.6. The molecule has 0 heterocycles. The molecule has 2 rings (SSSR count). The zero-order valence-corrected chi connectivity index (χ0v) is 15.3. The molecule has 0 saturated carbocycles. The molecule has 0 aliphatic carbocycles. The topological polar surface area (TPSA) is 113 Å². The number of carboxylic acids is 2. The number of hydrogen-bond donors (Lipinski definition) is 3. The fraction of sp³-hybridized carbons (Fsp3) is 0. The van der Waals surface area contributed by atoms with Crippen LogP contribution in [0.15, 0.2) is 85.0 Å². The van der Waals surface area contributed by atoms with Crippen molar-refractivity contribution in [3.8, 4) is 0 Å². The Morgan fingerprint density at radius 2 is 1.34 bits per heavy atom. The molecule has 0 aliphatic rings. The first-order chi connectivity index (χ1) is 13.9. The summed E-state index contributed by atoms with van der Waals surface area (Å²) in [5.41, 5.74) is 5.69. The molecular formula is C22H19N2O5-. The Kier molecular flexibility index (Phi) is 7.97. The molecular weight excluding hydrogens is 372 g/mol. The minimum Gasteiger partial charge on any atom is -0.545 e. The van der Waals surface area contributed by atoms with Gasteiger partial charge in [0.05, 0.1) is 17.3 Å². The van der Waals surface area contributed by atoms with Crippen molar-refractivity contribution in [3.63, 3.8) is 0 Å². The van der Waals surface area contributed by atoms with E-state index in [0.717, 1.165) is 28.5 Å². The SMILES string of the molecule is O=C([O-])C=CC=Cc1ccc(N(O)Nc2ccc(C=CC=CC(=O)O)cc2)cc1. The van der Waals surface area contributed by atoms with Gasteiger partial charge in [-0.1, -0.05) is 60.7 Å². The second kappa shape index (κ2) is 10.9. The molecule has 7 heteroatoms. The third-order valence-electron chi connectivity index (χ3n) is 3.55. The number of nitrogens with one attached hydrogen (secondary N) is 1. The Bertz CT molecular complexity index is 942. The molecule has 0 radical (unpaired) electrons. The van der Waals surface area contributed by atoms with Gasteiger partial charge in [-0.05, 0) is 41.5 Å². The quantitative estimate of drug-likeness (QED) is 0.342. The lowest BCUT2D eigenvalue weighted by Crippen LogP contribution is -2.25. The summed E-state index contributed by atoms with van der Waals surface area (Å²) < 4.78 is 0. The van der Waals surface area contributed by atoms with Crippen LogP contribution in [-0.4, -0.2) is 22.3 Å². The standard InChI is InChI=1S/C22H20N2O5/c25-21(26)7-3-1-5-17-9-13-19(14-10-17)23-24(29)20-15-11-18(12-16-20)6-2-4-8-22(27)28/h1-16,23,29H,(H,25,26)(H,27,28)/p-1. The number of hydrogen-bond acceptors (Lipinski definition) is 6. The molecule has 0 amide bonds. The van der Waals surface area contributed by atoms with Gasteiger partial charge in [0.1, 0.15) is 0 Å². The maximum absolute atomic E-state index is 10.4. The molecule has 0 unspecified atom stereocenters. The molecule has 0 bridgehead atoms. The molecule has 29 heavy (non-hydrogen) atoms. The summed E-state index contributed by atoms with van der Waals surface area (Å²) in [6.45, 7) is 0. The van der Waals surface area contributed by atoms with Crippen LogP contribution in [0.1, 0.15) is 11.1 Å². The summed E-state index contributed by atoms with van der Waals surface area (Å²) >= 11 is 0. The van der Waals surface area contributed by atoms with Gasteiger partial charge in [0, 0.05) is 6.08 Å². The first-order valence-corrected chi connectivity index (χ1v) is 8.53. The maximum Gasteiger partial charge on any atom is 0.328 e. The Morgan fingerprint density at radius 1 is 0.828 bits per heavy atom. The van der Waals surface area contributed by atoms with E-state index in [0.29, 0.717) is 11.4 Å². The molecule has 0 aliphatic heterocycles. The number of benzene rings is 2. The lowest BCUT2D eigenvalue weighted by Gasteiger charge is -2.19. The molecule has 0 fully saturated rings. The largest absolute Gasteiger partial charge is 0.545 e. The molecule has 3 N–H and O–H groups in total. The van der Waals surface area contributed by atoms with Gasteiger partial charge >= 0.3 is 5.97 Å². The fourth-order valence-corrected chi connectivity index (χ4v) is 2.19. The summed E-state index contributed by atoms with van der Waals surface area (Å²) in [6, 6.07) is 14.1. The first-order valence-electron chi connectivity index (χ1n) is 8.53. The van der Waals surface area contributed by atoms with Gasteiger partial charge in [-0.3, -0.25) is 10.6 Å². The third-order valence-corrected chi connectivity index (χ3v) is 3.55. The van der Waals surface area contributed by atoms with Crippen LogP contribution in [0.25, 0.3) is 12.2 Å². The average molecular weight is 391 g/mol. The van der Waals surface area contributed by atoms with Gasteiger partial charge in [-0.25, -0.2) is 4.79 Å². The molecule has 0 aromatic heterocycles. The van der Waals surface area contributed by atoms with E-state index in [1.807, 2.05) is 12.1 Å². The van der Waals surface area contributed by atoms with Gasteiger partial charge < -0.3 is 15.0 Å². The number of allylic oxidation sites excluding steroid dienone is 4. The van der Waals surface area contributed by atoms with E-state index in [2.05, 4.69) is 5.43 Å². The lowest BCUT2D eigenvalue weighted by atomic mass is 10.2. The zero-order valence-electron chi connectivity index (χ0n) is 15.3. The third kappa shape index (κ3) is 7.98. The van der Waals surface area contributed by atoms with E-state index >= 15 is 0 Å². The molecule has 2 aromatic carbocycles. The van der Waals surface area contributed by atoms with E-state index in [-0.39, 0.29) is 0 Å². The number of anilines is 2. The summed E-state index contributed by atoms with van der Waals surface area (Å²) in [5, 5.41) is 29.9. The minimum absolute atomic E-state index is 0.509. The molecule has 7 nitrogen and oxygen atoms in total. The van der Waals surface area contributed by atoms with Gasteiger partial charge in [0.2, 0.25) is 0 Å². The fourth-order valence-electron chi connectivity index (χ4n) is 2.19. The van der Waals surface area contributed by atoms with Crippen LogP contribution in [0.2, 0.25) is 0 Å². The monoisotopic (exact) mass is 391 g/mol. The Labute approximate surface area is 167 Å². The number of rotatable bonds is 9. The summed E-state index contributed by atoms with van der Waals surface area (Å²) in [7, 11) is 0. The lowest BCUT2D eigenvalue weighted by molar-refractivity contribution is -0.297. The Balaban J connectivity index is 1.93. The van der Waals surface area contributed by atoms with Crippen molar-refractivity contribution in [2.45, 2.75) is 0 Å². The van der Waals surface area contributed by atoms with Crippen molar-refractivity contribution in [1.82, 2.24) is 0 Å². The number of hydrazine groups is 1. The van der Waals surface area contributed by atoms with Crippen molar-refractivity contribution in [1.29, 1.82) is 0 Å². The highest BCUT2D eigenvalue weighted by atomic mass is 16.5. The van der Waals surface area contributed by atoms with Gasteiger partial charge in [0.25, 0.3) is 0 Å².